The van der Waals surface area contributed by atoms with E-state index in [1.54, 1.807) is 29.2 Å². The van der Waals surface area contributed by atoms with Gasteiger partial charge in [-0.2, -0.15) is 13.2 Å². The Morgan fingerprint density at radius 3 is 2.33 bits per heavy atom. The van der Waals surface area contributed by atoms with E-state index in [1.807, 2.05) is 18.2 Å². The number of ether oxygens (including phenoxy) is 2. The van der Waals surface area contributed by atoms with Gasteiger partial charge in [-0.1, -0.05) is 12.1 Å². The van der Waals surface area contributed by atoms with Gasteiger partial charge in [-0.25, -0.2) is 14.4 Å². The zero-order valence-electron chi connectivity index (χ0n) is 24.2. The fourth-order valence-corrected chi connectivity index (χ4v) is 5.74. The lowest BCUT2D eigenvalue weighted by Gasteiger charge is -2.41. The first kappa shape index (κ1) is 31.8. The number of alkyl halides is 3. The molecule has 1 aromatic heterocycles. The van der Waals surface area contributed by atoms with Crippen molar-refractivity contribution in [2.24, 2.45) is 0 Å². The Bertz CT molecular complexity index is 1620. The molecule has 2 bridgehead atoms. The van der Waals surface area contributed by atoms with Crippen LogP contribution in [0.5, 0.6) is 5.75 Å². The lowest BCUT2D eigenvalue weighted by Crippen LogP contribution is -2.56. The number of aromatic nitrogens is 1. The number of carbonyl (C=O) groups excluding carboxylic acids is 2. The lowest BCUT2D eigenvalue weighted by atomic mass is 9.89. The summed E-state index contributed by atoms with van der Waals surface area (Å²) in [4.78, 5) is 51.4. The minimum atomic E-state index is -5.08. The summed E-state index contributed by atoms with van der Waals surface area (Å²) in [5.74, 6) is -3.62. The Morgan fingerprint density at radius 1 is 1.04 bits per heavy atom. The highest BCUT2D eigenvalue weighted by molar-refractivity contribution is 6.04. The van der Waals surface area contributed by atoms with Gasteiger partial charge in [0.15, 0.2) is 0 Å². The molecule has 1 atom stereocenters. The summed E-state index contributed by atoms with van der Waals surface area (Å²) < 4.78 is 45.4. The third-order valence-corrected chi connectivity index (χ3v) is 8.03. The summed E-state index contributed by atoms with van der Waals surface area (Å²) in [6, 6.07) is 12.5. The van der Waals surface area contributed by atoms with E-state index < -0.39 is 24.0 Å². The van der Waals surface area contributed by atoms with Gasteiger partial charge < -0.3 is 29.2 Å². The number of hydrogen-bond acceptors (Lipinski definition) is 7. The molecule has 3 aliphatic heterocycles. The molecule has 2 saturated heterocycles. The second kappa shape index (κ2) is 12.8. The van der Waals surface area contributed by atoms with Gasteiger partial charge in [-0.3, -0.25) is 14.6 Å². The molecular formula is C30H31F3N4O8. The van der Waals surface area contributed by atoms with E-state index in [9.17, 15) is 32.7 Å². The first-order valence-corrected chi connectivity index (χ1v) is 14.1. The number of aliphatic carboxylic acids is 1. The third kappa shape index (κ3) is 6.73. The van der Waals surface area contributed by atoms with E-state index in [4.69, 9.17) is 19.4 Å². The summed E-state index contributed by atoms with van der Waals surface area (Å²) in [7, 11) is 1.54. The number of fused-ring (bicyclic) bond motifs is 6. The fraction of sp³-hybridized carbons (Fsp3) is 0.400. The van der Waals surface area contributed by atoms with Gasteiger partial charge in [0.05, 0.1) is 31.2 Å². The van der Waals surface area contributed by atoms with Crippen molar-refractivity contribution in [1.82, 2.24) is 19.3 Å². The molecule has 6 rings (SSSR count). The van der Waals surface area contributed by atoms with Crippen LogP contribution in [0, 0.1) is 0 Å². The van der Waals surface area contributed by atoms with Crippen LogP contribution in [-0.4, -0.2) is 113 Å². The van der Waals surface area contributed by atoms with Crippen molar-refractivity contribution < 1.29 is 52.0 Å². The predicted octanol–water partition coefficient (Wildman–Crippen LogP) is 3.22. The van der Waals surface area contributed by atoms with E-state index in [-0.39, 0.29) is 17.5 Å². The second-order valence-electron chi connectivity index (χ2n) is 10.8. The Hall–Kier alpha value is -4.63. The highest BCUT2D eigenvalue weighted by Gasteiger charge is 2.44. The number of carboxylic acids is 2. The maximum Gasteiger partial charge on any atom is 0.490 e. The van der Waals surface area contributed by atoms with Gasteiger partial charge in [0.25, 0.3) is 0 Å². The first-order valence-electron chi connectivity index (χ1n) is 14.1. The van der Waals surface area contributed by atoms with Crippen LogP contribution in [0.3, 0.4) is 0 Å². The lowest BCUT2D eigenvalue weighted by molar-refractivity contribution is -0.192. The zero-order chi connectivity index (χ0) is 32.5. The average molecular weight is 633 g/mol. The number of amides is 3. The van der Waals surface area contributed by atoms with Crippen molar-refractivity contribution in [2.75, 3.05) is 53.0 Å². The molecule has 2 N–H and O–H groups in total. The molecule has 15 heteroatoms. The molecule has 4 heterocycles. The van der Waals surface area contributed by atoms with Gasteiger partial charge >= 0.3 is 24.1 Å². The molecule has 2 fully saturated rings. The number of nitrogens with zero attached hydrogens (tertiary/aromatic N) is 4. The van der Waals surface area contributed by atoms with Crippen molar-refractivity contribution in [3.8, 4) is 5.75 Å². The van der Waals surface area contributed by atoms with Crippen molar-refractivity contribution in [2.45, 2.75) is 25.2 Å². The van der Waals surface area contributed by atoms with Crippen molar-refractivity contribution in [3.05, 3.63) is 64.8 Å². The van der Waals surface area contributed by atoms with E-state index in [0.717, 1.165) is 66.3 Å². The largest absolute Gasteiger partial charge is 0.492 e. The normalized spacial score (nSPS) is 18.4. The van der Waals surface area contributed by atoms with E-state index in [2.05, 4.69) is 9.47 Å². The number of morpholine rings is 1. The number of hydrogen-bond donors (Lipinski definition) is 2. The molecule has 0 saturated carbocycles. The van der Waals surface area contributed by atoms with E-state index in [1.165, 1.54) is 11.9 Å². The molecular weight excluding hydrogens is 601 g/mol. The van der Waals surface area contributed by atoms with Crippen LogP contribution in [-0.2, 0) is 27.4 Å². The summed E-state index contributed by atoms with van der Waals surface area (Å²) in [6.07, 6.45) is -5.08. The molecule has 0 unspecified atom stereocenters. The maximum atomic E-state index is 13.2. The Morgan fingerprint density at radius 2 is 1.71 bits per heavy atom. The number of urea groups is 1. The number of likely N-dealkylation sites (N-methyl/N-ethyl adjacent to an activating group) is 1. The Balaban J connectivity index is 0.000000515. The maximum absolute atomic E-state index is 13.2. The molecule has 0 radical (unpaired) electrons. The van der Waals surface area contributed by atoms with Crippen LogP contribution >= 0.6 is 0 Å². The number of imide groups is 1. The summed E-state index contributed by atoms with van der Waals surface area (Å²) in [6.45, 7) is 5.91. The molecule has 3 aromatic rings. The quantitative estimate of drug-likeness (QED) is 0.402. The van der Waals surface area contributed by atoms with E-state index >= 15 is 0 Å². The minimum absolute atomic E-state index is 0.198. The molecule has 240 valence electrons. The van der Waals surface area contributed by atoms with Crippen LogP contribution < -0.4 is 4.74 Å². The standard InChI is InChI=1S/C28H30N4O6.C2HF3O2/c1-29-26(33)22-16-31(28(29)36)17-24-25(22)21-14-20(38-13-10-30-8-11-37-12-9-30)6-7-23(21)32(24)15-18-2-4-19(5-3-18)27(34)35;3-2(4,5)1(6)7/h2-7,14,22H,8-13,15-17H2,1H3,(H,34,35);(H,6,7)/t22-;/m0./s1. The van der Waals surface area contributed by atoms with Crippen LogP contribution in [0.15, 0.2) is 42.5 Å². The average Bonchev–Trinajstić information content (AvgIpc) is 3.31. The zero-order valence-corrected chi connectivity index (χ0v) is 24.2. The smallest absolute Gasteiger partial charge is 0.490 e. The third-order valence-electron chi connectivity index (χ3n) is 8.03. The summed E-state index contributed by atoms with van der Waals surface area (Å²) >= 11 is 0. The number of benzene rings is 2. The summed E-state index contributed by atoms with van der Waals surface area (Å²) in [5, 5.41) is 17.3. The predicted molar refractivity (Wildman–Crippen MR) is 152 cm³/mol. The van der Waals surface area contributed by atoms with Crippen molar-refractivity contribution >= 4 is 34.8 Å². The van der Waals surface area contributed by atoms with Crippen LogP contribution in [0.4, 0.5) is 18.0 Å². The highest BCUT2D eigenvalue weighted by Crippen LogP contribution is 2.41. The number of carbonyl (C=O) groups is 4. The van der Waals surface area contributed by atoms with E-state index in [0.29, 0.717) is 26.2 Å². The Labute approximate surface area is 255 Å². The van der Waals surface area contributed by atoms with Crippen LogP contribution in [0.1, 0.15) is 33.1 Å². The van der Waals surface area contributed by atoms with Gasteiger partial charge in [-0.15, -0.1) is 0 Å². The number of aromatic carboxylic acids is 1. The fourth-order valence-electron chi connectivity index (χ4n) is 5.74. The van der Waals surface area contributed by atoms with Crippen molar-refractivity contribution in [1.29, 1.82) is 0 Å². The second-order valence-corrected chi connectivity index (χ2v) is 10.8. The monoisotopic (exact) mass is 632 g/mol. The van der Waals surface area contributed by atoms with Gasteiger partial charge in [0, 0.05) is 56.4 Å². The summed E-state index contributed by atoms with van der Waals surface area (Å²) in [5.41, 5.74) is 3.99. The van der Waals surface area contributed by atoms with Gasteiger partial charge in [-0.05, 0) is 41.5 Å². The van der Waals surface area contributed by atoms with Gasteiger partial charge in [0.2, 0.25) is 5.91 Å². The molecule has 12 nitrogen and oxygen atoms in total. The minimum Gasteiger partial charge on any atom is -0.492 e. The molecule has 45 heavy (non-hydrogen) atoms. The molecule has 2 aromatic carbocycles. The number of rotatable bonds is 7. The Kier molecular flexibility index (Phi) is 9.02. The van der Waals surface area contributed by atoms with Crippen LogP contribution in [0.2, 0.25) is 0 Å². The SMILES string of the molecule is CN1C(=O)[C@H]2CN(Cc3c2c2cc(OCCN4CCOCC4)ccc2n3Cc2ccc(C(=O)O)cc2)C1=O.O=C(O)C(F)(F)F. The van der Waals surface area contributed by atoms with Gasteiger partial charge in [0.1, 0.15) is 12.4 Å². The molecule has 0 spiro atoms. The molecule has 3 aliphatic rings. The highest BCUT2D eigenvalue weighted by atomic mass is 19.4. The van der Waals surface area contributed by atoms with Crippen LogP contribution in [0.25, 0.3) is 10.9 Å². The molecule has 3 amide bonds. The molecule has 0 aliphatic carbocycles. The number of halogens is 3. The van der Waals surface area contributed by atoms with Crippen molar-refractivity contribution in [3.63, 3.8) is 0 Å². The topological polar surface area (TPSA) is 142 Å². The number of carboxylic acid groups (broad SMARTS) is 2. The first-order chi connectivity index (χ1) is 21.3.